The van der Waals surface area contributed by atoms with Gasteiger partial charge in [-0.25, -0.2) is 4.79 Å². The van der Waals surface area contributed by atoms with Gasteiger partial charge in [0.25, 0.3) is 0 Å². The molecule has 1 unspecified atom stereocenters. The summed E-state index contributed by atoms with van der Waals surface area (Å²) in [6, 6.07) is 7.29. The first-order valence-corrected chi connectivity index (χ1v) is 6.82. The number of aliphatic carboxylic acids is 1. The molecule has 0 aliphatic carbocycles. The summed E-state index contributed by atoms with van der Waals surface area (Å²) in [4.78, 5) is 22.3. The number of carbonyl (C=O) groups is 2. The number of nitrogens with one attached hydrogen (secondary N) is 1. The summed E-state index contributed by atoms with van der Waals surface area (Å²) < 4.78 is 4.91. The van der Waals surface area contributed by atoms with Crippen molar-refractivity contribution < 1.29 is 19.4 Å². The van der Waals surface area contributed by atoms with Gasteiger partial charge in [-0.15, -0.1) is 0 Å². The minimum atomic E-state index is -0.986. The third-order valence-electron chi connectivity index (χ3n) is 2.96. The highest BCUT2D eigenvalue weighted by Crippen LogP contribution is 2.15. The summed E-state index contributed by atoms with van der Waals surface area (Å²) >= 11 is 0. The zero-order chi connectivity index (χ0) is 15.7. The molecule has 5 nitrogen and oxygen atoms in total. The molecule has 1 amide bonds. The van der Waals surface area contributed by atoms with Gasteiger partial charge in [0.2, 0.25) is 5.91 Å². The van der Waals surface area contributed by atoms with E-state index in [9.17, 15) is 9.59 Å². The van der Waals surface area contributed by atoms with Crippen LogP contribution in [-0.4, -0.2) is 30.7 Å². The molecular formula is C16H21NO4. The van der Waals surface area contributed by atoms with E-state index in [4.69, 9.17) is 9.84 Å². The quantitative estimate of drug-likeness (QED) is 0.569. The molecule has 0 bridgehead atoms. The zero-order valence-electron chi connectivity index (χ0n) is 12.3. The number of carboxylic acids is 1. The van der Waals surface area contributed by atoms with Crippen molar-refractivity contribution in [3.8, 4) is 0 Å². The molecule has 0 fully saturated rings. The number of carbonyl (C=O) groups excluding carboxylic acids is 1. The maximum Gasteiger partial charge on any atom is 0.328 e. The zero-order valence-corrected chi connectivity index (χ0v) is 12.3. The van der Waals surface area contributed by atoms with Crippen molar-refractivity contribution >= 4 is 18.0 Å². The maximum absolute atomic E-state index is 11.7. The molecule has 21 heavy (non-hydrogen) atoms. The molecular weight excluding hydrogens is 270 g/mol. The summed E-state index contributed by atoms with van der Waals surface area (Å²) in [7, 11) is 1.61. The van der Waals surface area contributed by atoms with Crippen molar-refractivity contribution in [1.29, 1.82) is 0 Å². The first-order chi connectivity index (χ1) is 10.0. The SMILES string of the molecule is COCCCC(=O)NC(C)c1cccc(/C=C/C(=O)O)c1. The highest BCUT2D eigenvalue weighted by molar-refractivity contribution is 5.85. The summed E-state index contributed by atoms with van der Waals surface area (Å²) in [6.45, 7) is 2.46. The van der Waals surface area contributed by atoms with Gasteiger partial charge in [0.15, 0.2) is 0 Å². The monoisotopic (exact) mass is 291 g/mol. The van der Waals surface area contributed by atoms with Crippen LogP contribution in [0.15, 0.2) is 30.3 Å². The lowest BCUT2D eigenvalue weighted by Crippen LogP contribution is -2.26. The predicted octanol–water partition coefficient (Wildman–Crippen LogP) is 2.39. The Morgan fingerprint density at radius 3 is 2.86 bits per heavy atom. The minimum absolute atomic E-state index is 0.0222. The van der Waals surface area contributed by atoms with Crippen LogP contribution in [0.1, 0.15) is 36.9 Å². The van der Waals surface area contributed by atoms with Crippen LogP contribution in [0.5, 0.6) is 0 Å². The number of ether oxygens (including phenoxy) is 1. The second-order valence-electron chi connectivity index (χ2n) is 4.73. The number of amides is 1. The van der Waals surface area contributed by atoms with E-state index >= 15 is 0 Å². The van der Waals surface area contributed by atoms with E-state index in [-0.39, 0.29) is 11.9 Å². The van der Waals surface area contributed by atoms with Gasteiger partial charge >= 0.3 is 5.97 Å². The lowest BCUT2D eigenvalue weighted by atomic mass is 10.0. The van der Waals surface area contributed by atoms with E-state index in [1.807, 2.05) is 31.2 Å². The number of carboxylic acid groups (broad SMARTS) is 1. The van der Waals surface area contributed by atoms with E-state index < -0.39 is 5.97 Å². The van der Waals surface area contributed by atoms with E-state index in [0.717, 1.165) is 17.2 Å². The summed E-state index contributed by atoms with van der Waals surface area (Å²) in [5, 5.41) is 11.5. The lowest BCUT2D eigenvalue weighted by Gasteiger charge is -2.15. The summed E-state index contributed by atoms with van der Waals surface area (Å²) in [5.41, 5.74) is 1.72. The summed E-state index contributed by atoms with van der Waals surface area (Å²) in [5.74, 6) is -1.01. The highest BCUT2D eigenvalue weighted by atomic mass is 16.5. The molecule has 5 heteroatoms. The van der Waals surface area contributed by atoms with Gasteiger partial charge in [-0.1, -0.05) is 18.2 Å². The second-order valence-corrected chi connectivity index (χ2v) is 4.73. The van der Waals surface area contributed by atoms with E-state index in [1.54, 1.807) is 7.11 Å². The van der Waals surface area contributed by atoms with Gasteiger partial charge in [0.05, 0.1) is 6.04 Å². The lowest BCUT2D eigenvalue weighted by molar-refractivity contribution is -0.131. The summed E-state index contributed by atoms with van der Waals surface area (Å²) in [6.07, 6.45) is 3.74. The Labute approximate surface area is 124 Å². The van der Waals surface area contributed by atoms with Crippen molar-refractivity contribution in [2.75, 3.05) is 13.7 Å². The highest BCUT2D eigenvalue weighted by Gasteiger charge is 2.09. The Bertz CT molecular complexity index is 511. The van der Waals surface area contributed by atoms with Gasteiger partial charge < -0.3 is 15.2 Å². The van der Waals surface area contributed by atoms with E-state index in [2.05, 4.69) is 5.32 Å². The molecule has 0 radical (unpaired) electrons. The van der Waals surface area contributed by atoms with Gasteiger partial charge in [-0.2, -0.15) is 0 Å². The number of methoxy groups -OCH3 is 1. The van der Waals surface area contributed by atoms with Crippen LogP contribution in [0.3, 0.4) is 0 Å². The molecule has 0 aliphatic rings. The van der Waals surface area contributed by atoms with Gasteiger partial charge in [-0.3, -0.25) is 4.79 Å². The molecule has 2 N–H and O–H groups in total. The van der Waals surface area contributed by atoms with Gasteiger partial charge in [-0.05, 0) is 36.6 Å². The van der Waals surface area contributed by atoms with Crippen LogP contribution in [0.25, 0.3) is 6.08 Å². The number of hydrogen-bond acceptors (Lipinski definition) is 3. The standard InChI is InChI=1S/C16H21NO4/c1-12(17-15(18)7-4-10-21-2)14-6-3-5-13(11-14)8-9-16(19)20/h3,5-6,8-9,11-12H,4,7,10H2,1-2H3,(H,17,18)(H,19,20)/b9-8+. The smallest absolute Gasteiger partial charge is 0.328 e. The first-order valence-electron chi connectivity index (χ1n) is 6.82. The van der Waals surface area contributed by atoms with Crippen LogP contribution < -0.4 is 5.32 Å². The third-order valence-corrected chi connectivity index (χ3v) is 2.96. The van der Waals surface area contributed by atoms with Crippen molar-refractivity contribution in [1.82, 2.24) is 5.32 Å². The van der Waals surface area contributed by atoms with E-state index in [1.165, 1.54) is 6.08 Å². The molecule has 0 saturated carbocycles. The number of benzene rings is 1. The molecule has 1 aromatic carbocycles. The fourth-order valence-electron chi connectivity index (χ4n) is 1.87. The average molecular weight is 291 g/mol. The molecule has 0 aliphatic heterocycles. The van der Waals surface area contributed by atoms with Gasteiger partial charge in [0, 0.05) is 26.2 Å². The molecule has 0 aromatic heterocycles. The predicted molar refractivity (Wildman–Crippen MR) is 80.8 cm³/mol. The molecule has 114 valence electrons. The second kappa shape index (κ2) is 8.92. The van der Waals surface area contributed by atoms with Crippen LogP contribution in [-0.2, 0) is 14.3 Å². The topological polar surface area (TPSA) is 75.6 Å². The van der Waals surface area contributed by atoms with Crippen molar-refractivity contribution in [3.63, 3.8) is 0 Å². The Balaban J connectivity index is 2.61. The Hall–Kier alpha value is -2.14. The molecule has 1 aromatic rings. The third kappa shape index (κ3) is 6.72. The normalized spacial score (nSPS) is 12.3. The maximum atomic E-state index is 11.7. The fraction of sp³-hybridized carbons (Fsp3) is 0.375. The van der Waals surface area contributed by atoms with Crippen molar-refractivity contribution in [2.45, 2.75) is 25.8 Å². The number of rotatable bonds is 8. The Morgan fingerprint density at radius 1 is 1.43 bits per heavy atom. The first kappa shape index (κ1) is 16.9. The fourth-order valence-corrected chi connectivity index (χ4v) is 1.87. The van der Waals surface area contributed by atoms with Crippen LogP contribution in [0, 0.1) is 0 Å². The minimum Gasteiger partial charge on any atom is -0.478 e. The average Bonchev–Trinajstić information content (AvgIpc) is 2.45. The van der Waals surface area contributed by atoms with E-state index in [0.29, 0.717) is 19.4 Å². The van der Waals surface area contributed by atoms with Crippen LogP contribution in [0.2, 0.25) is 0 Å². The Morgan fingerprint density at radius 2 is 2.19 bits per heavy atom. The van der Waals surface area contributed by atoms with Crippen molar-refractivity contribution in [2.24, 2.45) is 0 Å². The molecule has 1 atom stereocenters. The molecule has 0 saturated heterocycles. The Kier molecular flexibility index (Phi) is 7.18. The van der Waals surface area contributed by atoms with Crippen molar-refractivity contribution in [3.05, 3.63) is 41.5 Å². The number of hydrogen-bond donors (Lipinski definition) is 2. The van der Waals surface area contributed by atoms with Crippen LogP contribution in [0.4, 0.5) is 0 Å². The largest absolute Gasteiger partial charge is 0.478 e. The van der Waals surface area contributed by atoms with Gasteiger partial charge in [0.1, 0.15) is 0 Å². The molecule has 1 rings (SSSR count). The molecule has 0 heterocycles. The van der Waals surface area contributed by atoms with Crippen LogP contribution >= 0.6 is 0 Å². The molecule has 0 spiro atoms.